The number of rotatable bonds is 3. The Morgan fingerprint density at radius 1 is 1.56 bits per heavy atom. The molecule has 0 amide bonds. The minimum absolute atomic E-state index is 0.288. The van der Waals surface area contributed by atoms with Gasteiger partial charge in [0.05, 0.1) is 10.6 Å². The molecule has 8 heteroatoms. The second-order valence-corrected chi connectivity index (χ2v) is 4.68. The zero-order chi connectivity index (χ0) is 11.4. The van der Waals surface area contributed by atoms with Gasteiger partial charge in [0.25, 0.3) is 5.89 Å². The van der Waals surface area contributed by atoms with Gasteiger partial charge < -0.3 is 16.0 Å². The van der Waals surface area contributed by atoms with Crippen LogP contribution in [0.5, 0.6) is 0 Å². The molecule has 0 aliphatic rings. The predicted molar refractivity (Wildman–Crippen MR) is 64.7 cm³/mol. The molecule has 2 aromatic heterocycles. The number of nitrogens with zero attached hydrogens (tertiary/aromatic N) is 3. The number of hydrogen-bond acceptors (Lipinski definition) is 7. The van der Waals surface area contributed by atoms with E-state index in [1.54, 1.807) is 11.3 Å². The molecule has 0 saturated carbocycles. The van der Waals surface area contributed by atoms with E-state index in [2.05, 4.69) is 15.3 Å². The van der Waals surface area contributed by atoms with E-state index in [0.717, 1.165) is 4.88 Å². The van der Waals surface area contributed by atoms with E-state index in [1.165, 1.54) is 11.8 Å². The summed E-state index contributed by atoms with van der Waals surface area (Å²) in [6.45, 7) is 0. The molecule has 4 N–H and O–H groups in total. The first-order valence-corrected chi connectivity index (χ1v) is 6.18. The normalized spacial score (nSPS) is 11.9. The van der Waals surface area contributed by atoms with Crippen LogP contribution in [0, 0.1) is 0 Å². The average Bonchev–Trinajstić information content (AvgIpc) is 2.95. The zero-order valence-electron chi connectivity index (χ0n) is 8.16. The van der Waals surface area contributed by atoms with Gasteiger partial charge >= 0.3 is 0 Å². The summed E-state index contributed by atoms with van der Waals surface area (Å²) >= 11 is 2.80. The van der Waals surface area contributed by atoms with E-state index in [-0.39, 0.29) is 5.17 Å². The van der Waals surface area contributed by atoms with Gasteiger partial charge in [-0.3, -0.25) is 0 Å². The molecular formula is C8H9N5OS2. The summed E-state index contributed by atoms with van der Waals surface area (Å²) in [6, 6.07) is 3.85. The van der Waals surface area contributed by atoms with Gasteiger partial charge in [-0.05, 0) is 11.4 Å². The van der Waals surface area contributed by atoms with E-state index < -0.39 is 0 Å². The SMILES string of the molecule is NN=C(N)SCc1nnc(-c2cccs2)o1. The quantitative estimate of drug-likeness (QED) is 0.370. The third-order valence-electron chi connectivity index (χ3n) is 1.67. The van der Waals surface area contributed by atoms with Crippen molar-refractivity contribution in [1.82, 2.24) is 10.2 Å². The van der Waals surface area contributed by atoms with Crippen molar-refractivity contribution in [1.29, 1.82) is 0 Å². The third-order valence-corrected chi connectivity index (χ3v) is 3.32. The highest BCUT2D eigenvalue weighted by Gasteiger charge is 2.09. The number of thiophene rings is 1. The Hall–Kier alpha value is -1.54. The summed E-state index contributed by atoms with van der Waals surface area (Å²) in [6.07, 6.45) is 0. The van der Waals surface area contributed by atoms with Crippen LogP contribution in [-0.4, -0.2) is 15.4 Å². The van der Waals surface area contributed by atoms with Gasteiger partial charge in [0.2, 0.25) is 5.89 Å². The summed E-state index contributed by atoms with van der Waals surface area (Å²) in [5.41, 5.74) is 5.42. The molecule has 0 spiro atoms. The summed E-state index contributed by atoms with van der Waals surface area (Å²) in [4.78, 5) is 0.948. The Kier molecular flexibility index (Phi) is 3.42. The summed E-state index contributed by atoms with van der Waals surface area (Å²) in [5, 5.41) is 13.4. The first-order valence-electron chi connectivity index (χ1n) is 4.32. The van der Waals surface area contributed by atoms with Crippen LogP contribution < -0.4 is 11.6 Å². The molecule has 2 heterocycles. The molecule has 2 rings (SSSR count). The molecular weight excluding hydrogens is 246 g/mol. The Morgan fingerprint density at radius 2 is 2.44 bits per heavy atom. The van der Waals surface area contributed by atoms with Crippen molar-refractivity contribution < 1.29 is 4.42 Å². The molecule has 6 nitrogen and oxygen atoms in total. The molecule has 0 saturated heterocycles. The van der Waals surface area contributed by atoms with Crippen LogP contribution >= 0.6 is 23.1 Å². The van der Waals surface area contributed by atoms with Gasteiger partial charge in [-0.25, -0.2) is 0 Å². The molecule has 0 fully saturated rings. The predicted octanol–water partition coefficient (Wildman–Crippen LogP) is 1.22. The monoisotopic (exact) mass is 255 g/mol. The van der Waals surface area contributed by atoms with Crippen molar-refractivity contribution in [3.05, 3.63) is 23.4 Å². The van der Waals surface area contributed by atoms with Crippen LogP contribution in [0.3, 0.4) is 0 Å². The molecule has 0 atom stereocenters. The fraction of sp³-hybridized carbons (Fsp3) is 0.125. The number of nitrogens with two attached hydrogens (primary N) is 2. The molecule has 84 valence electrons. The Balaban J connectivity index is 2.03. The van der Waals surface area contributed by atoms with E-state index in [0.29, 0.717) is 17.5 Å². The lowest BCUT2D eigenvalue weighted by Crippen LogP contribution is -2.09. The number of amidine groups is 1. The van der Waals surface area contributed by atoms with Gasteiger partial charge in [0.15, 0.2) is 5.17 Å². The maximum absolute atomic E-state index is 5.44. The lowest BCUT2D eigenvalue weighted by Gasteiger charge is -1.93. The molecule has 0 radical (unpaired) electrons. The molecule has 0 bridgehead atoms. The summed E-state index contributed by atoms with van der Waals surface area (Å²) < 4.78 is 5.44. The Labute approximate surface area is 99.7 Å². The van der Waals surface area contributed by atoms with Crippen LogP contribution in [0.4, 0.5) is 0 Å². The second kappa shape index (κ2) is 4.99. The number of thioether (sulfide) groups is 1. The van der Waals surface area contributed by atoms with Gasteiger partial charge in [0, 0.05) is 0 Å². The largest absolute Gasteiger partial charge is 0.419 e. The van der Waals surface area contributed by atoms with E-state index in [4.69, 9.17) is 16.0 Å². The molecule has 0 aliphatic heterocycles. The first kappa shape index (κ1) is 11.0. The highest BCUT2D eigenvalue weighted by Crippen LogP contribution is 2.23. The van der Waals surface area contributed by atoms with Gasteiger partial charge in [-0.1, -0.05) is 17.8 Å². The number of hydrogen-bond donors (Lipinski definition) is 2. The average molecular weight is 255 g/mol. The highest BCUT2D eigenvalue weighted by molar-refractivity contribution is 8.13. The Morgan fingerprint density at radius 3 is 3.12 bits per heavy atom. The summed E-state index contributed by atoms with van der Waals surface area (Å²) in [5.74, 6) is 6.48. The topological polar surface area (TPSA) is 103 Å². The van der Waals surface area contributed by atoms with E-state index >= 15 is 0 Å². The summed E-state index contributed by atoms with van der Waals surface area (Å²) in [7, 11) is 0. The third kappa shape index (κ3) is 2.52. The molecule has 2 aromatic rings. The lowest BCUT2D eigenvalue weighted by molar-refractivity contribution is 0.530. The smallest absolute Gasteiger partial charge is 0.257 e. The van der Waals surface area contributed by atoms with Crippen LogP contribution in [0.15, 0.2) is 27.0 Å². The maximum Gasteiger partial charge on any atom is 0.257 e. The van der Waals surface area contributed by atoms with Crippen molar-refractivity contribution in [3.8, 4) is 10.8 Å². The van der Waals surface area contributed by atoms with Gasteiger partial charge in [-0.15, -0.1) is 21.5 Å². The minimum Gasteiger partial charge on any atom is -0.419 e. The highest BCUT2D eigenvalue weighted by atomic mass is 32.2. The first-order chi connectivity index (χ1) is 7.79. The maximum atomic E-state index is 5.44. The van der Waals surface area contributed by atoms with Crippen molar-refractivity contribution in [2.24, 2.45) is 16.7 Å². The van der Waals surface area contributed by atoms with Crippen LogP contribution in [-0.2, 0) is 5.75 Å². The van der Waals surface area contributed by atoms with Crippen LogP contribution in [0.25, 0.3) is 10.8 Å². The van der Waals surface area contributed by atoms with Gasteiger partial charge in [0.1, 0.15) is 0 Å². The standard InChI is InChI=1S/C8H9N5OS2/c9-8(11-10)16-4-6-12-13-7(14-6)5-2-1-3-15-5/h1-3H,4,10H2,(H2,9,11). The number of hydrazone groups is 1. The Bertz CT molecular complexity index is 478. The molecule has 0 unspecified atom stereocenters. The van der Waals surface area contributed by atoms with Crippen LogP contribution in [0.2, 0.25) is 0 Å². The zero-order valence-corrected chi connectivity index (χ0v) is 9.79. The number of aromatic nitrogens is 2. The fourth-order valence-corrected chi connectivity index (χ4v) is 2.09. The minimum atomic E-state index is 0.288. The van der Waals surface area contributed by atoms with Crippen molar-refractivity contribution in [2.45, 2.75) is 5.75 Å². The van der Waals surface area contributed by atoms with Gasteiger partial charge in [-0.2, -0.15) is 5.10 Å². The van der Waals surface area contributed by atoms with Crippen molar-refractivity contribution >= 4 is 28.3 Å². The second-order valence-electron chi connectivity index (χ2n) is 2.73. The molecule has 16 heavy (non-hydrogen) atoms. The van der Waals surface area contributed by atoms with Crippen LogP contribution in [0.1, 0.15) is 5.89 Å². The molecule has 0 aliphatic carbocycles. The van der Waals surface area contributed by atoms with E-state index in [9.17, 15) is 0 Å². The van der Waals surface area contributed by atoms with Crippen molar-refractivity contribution in [2.75, 3.05) is 0 Å². The van der Waals surface area contributed by atoms with E-state index in [1.807, 2.05) is 17.5 Å². The molecule has 0 aromatic carbocycles. The van der Waals surface area contributed by atoms with Crippen molar-refractivity contribution in [3.63, 3.8) is 0 Å². The fourth-order valence-electron chi connectivity index (χ4n) is 0.985. The lowest BCUT2D eigenvalue weighted by atomic mass is 10.5.